The van der Waals surface area contributed by atoms with Gasteiger partial charge in [-0.05, 0) is 25.7 Å². The van der Waals surface area contributed by atoms with Gasteiger partial charge in [0.2, 0.25) is 5.91 Å². The second kappa shape index (κ2) is 8.33. The molecule has 0 saturated carbocycles. The first-order valence-electron chi connectivity index (χ1n) is 9.03. The number of anilines is 1. The van der Waals surface area contributed by atoms with E-state index in [1.165, 1.54) is 0 Å². The zero-order chi connectivity index (χ0) is 17.6. The molecule has 138 valence electrons. The molecule has 0 unspecified atom stereocenters. The molecule has 3 rings (SSSR count). The number of amides is 3. The average Bonchev–Trinajstić information content (AvgIpc) is 3.31. The second-order valence-electron chi connectivity index (χ2n) is 6.71. The van der Waals surface area contributed by atoms with Crippen molar-refractivity contribution in [1.29, 1.82) is 0 Å². The van der Waals surface area contributed by atoms with Crippen LogP contribution >= 0.6 is 0 Å². The van der Waals surface area contributed by atoms with Crippen molar-refractivity contribution in [3.63, 3.8) is 0 Å². The number of ether oxygens (including phenoxy) is 1. The molecule has 0 aromatic carbocycles. The molecule has 3 heterocycles. The molecule has 1 N–H and O–H groups in total. The van der Waals surface area contributed by atoms with Gasteiger partial charge in [0.05, 0.1) is 25.0 Å². The van der Waals surface area contributed by atoms with Gasteiger partial charge in [-0.2, -0.15) is 5.10 Å². The van der Waals surface area contributed by atoms with Crippen molar-refractivity contribution in [3.05, 3.63) is 12.4 Å². The van der Waals surface area contributed by atoms with Gasteiger partial charge in [0.25, 0.3) is 0 Å². The number of methoxy groups -OCH3 is 1. The first kappa shape index (κ1) is 17.7. The van der Waals surface area contributed by atoms with E-state index in [-0.39, 0.29) is 17.9 Å². The minimum Gasteiger partial charge on any atom is -0.383 e. The normalized spacial score (nSPS) is 18.6. The van der Waals surface area contributed by atoms with E-state index in [0.717, 1.165) is 25.9 Å². The average molecular weight is 349 g/mol. The molecule has 2 fully saturated rings. The molecule has 0 radical (unpaired) electrons. The molecule has 25 heavy (non-hydrogen) atoms. The summed E-state index contributed by atoms with van der Waals surface area (Å²) >= 11 is 0. The Morgan fingerprint density at radius 2 is 1.88 bits per heavy atom. The number of piperidine rings is 1. The third-order valence-electron chi connectivity index (χ3n) is 4.94. The molecule has 2 saturated heterocycles. The Morgan fingerprint density at radius 3 is 2.56 bits per heavy atom. The molecule has 1 aromatic heterocycles. The van der Waals surface area contributed by atoms with Crippen LogP contribution in [-0.2, 0) is 16.1 Å². The van der Waals surface area contributed by atoms with Crippen LogP contribution < -0.4 is 5.32 Å². The van der Waals surface area contributed by atoms with Gasteiger partial charge in [-0.1, -0.05) is 0 Å². The molecule has 3 amide bonds. The quantitative estimate of drug-likeness (QED) is 0.871. The highest BCUT2D eigenvalue weighted by atomic mass is 16.5. The Balaban J connectivity index is 1.45. The van der Waals surface area contributed by atoms with Crippen LogP contribution in [0.15, 0.2) is 12.4 Å². The smallest absolute Gasteiger partial charge is 0.319 e. The first-order chi connectivity index (χ1) is 12.2. The van der Waals surface area contributed by atoms with Crippen LogP contribution in [0.25, 0.3) is 0 Å². The second-order valence-corrected chi connectivity index (χ2v) is 6.71. The van der Waals surface area contributed by atoms with Gasteiger partial charge in [0, 0.05) is 45.4 Å². The zero-order valence-corrected chi connectivity index (χ0v) is 14.8. The number of rotatable bonds is 5. The predicted octanol–water partition coefficient (Wildman–Crippen LogP) is 1.40. The summed E-state index contributed by atoms with van der Waals surface area (Å²) < 4.78 is 6.76. The number of aromatic nitrogens is 2. The van der Waals surface area contributed by atoms with Gasteiger partial charge in [-0.3, -0.25) is 9.48 Å². The number of hydrogen-bond acceptors (Lipinski definition) is 4. The van der Waals surface area contributed by atoms with Crippen molar-refractivity contribution in [2.75, 3.05) is 45.2 Å². The summed E-state index contributed by atoms with van der Waals surface area (Å²) in [6.45, 7) is 4.28. The lowest BCUT2D eigenvalue weighted by atomic mass is 9.96. The predicted molar refractivity (Wildman–Crippen MR) is 93.2 cm³/mol. The van der Waals surface area contributed by atoms with Gasteiger partial charge in [0.1, 0.15) is 0 Å². The van der Waals surface area contributed by atoms with Crippen molar-refractivity contribution < 1.29 is 14.3 Å². The Bertz CT molecular complexity index is 589. The third-order valence-corrected chi connectivity index (χ3v) is 4.94. The van der Waals surface area contributed by atoms with Crippen molar-refractivity contribution >= 4 is 17.6 Å². The van der Waals surface area contributed by atoms with Crippen molar-refractivity contribution in [2.24, 2.45) is 5.92 Å². The standard InChI is InChI=1S/C17H27N5O3/c1-25-11-10-22-13-15(12-18-22)19-16(23)14-4-8-21(9-5-14)17(24)20-6-2-3-7-20/h12-14H,2-11H2,1H3,(H,19,23). The lowest BCUT2D eigenvalue weighted by Gasteiger charge is -2.33. The van der Waals surface area contributed by atoms with Gasteiger partial charge in [-0.25, -0.2) is 4.79 Å². The molecule has 0 atom stereocenters. The van der Waals surface area contributed by atoms with Crippen LogP contribution in [0, 0.1) is 5.92 Å². The SMILES string of the molecule is COCCn1cc(NC(=O)C2CCN(C(=O)N3CCCC3)CC2)cn1. The van der Waals surface area contributed by atoms with Crippen LogP contribution in [0.3, 0.4) is 0 Å². The summed E-state index contributed by atoms with van der Waals surface area (Å²) in [6, 6.07) is 0.135. The molecular weight excluding hydrogens is 322 g/mol. The van der Waals surface area contributed by atoms with Gasteiger partial charge < -0.3 is 19.9 Å². The molecule has 8 heteroatoms. The summed E-state index contributed by atoms with van der Waals surface area (Å²) in [7, 11) is 1.65. The summed E-state index contributed by atoms with van der Waals surface area (Å²) in [5.41, 5.74) is 0.705. The van der Waals surface area contributed by atoms with E-state index in [0.29, 0.717) is 44.8 Å². The van der Waals surface area contributed by atoms with Crippen LogP contribution in [0.2, 0.25) is 0 Å². The third kappa shape index (κ3) is 4.50. The van der Waals surface area contributed by atoms with E-state index in [1.54, 1.807) is 18.0 Å². The van der Waals surface area contributed by atoms with Gasteiger partial charge >= 0.3 is 6.03 Å². The van der Waals surface area contributed by atoms with Crippen molar-refractivity contribution in [1.82, 2.24) is 19.6 Å². The van der Waals surface area contributed by atoms with E-state index in [1.807, 2.05) is 16.0 Å². The highest BCUT2D eigenvalue weighted by Crippen LogP contribution is 2.21. The number of nitrogens with zero attached hydrogens (tertiary/aromatic N) is 4. The minimum absolute atomic E-state index is 0.0135. The Kier molecular flexibility index (Phi) is 5.91. The molecular formula is C17H27N5O3. The van der Waals surface area contributed by atoms with Crippen LogP contribution in [0.5, 0.6) is 0 Å². The van der Waals surface area contributed by atoms with Crippen molar-refractivity contribution in [3.8, 4) is 0 Å². The van der Waals surface area contributed by atoms with E-state index in [9.17, 15) is 9.59 Å². The number of carbonyl (C=O) groups is 2. The molecule has 1 aromatic rings. The number of likely N-dealkylation sites (tertiary alicyclic amines) is 2. The summed E-state index contributed by atoms with van der Waals surface area (Å²) in [5, 5.41) is 7.13. The maximum Gasteiger partial charge on any atom is 0.319 e. The number of nitrogens with one attached hydrogen (secondary N) is 1. The highest BCUT2D eigenvalue weighted by Gasteiger charge is 2.30. The summed E-state index contributed by atoms with van der Waals surface area (Å²) in [6.07, 6.45) is 7.08. The number of urea groups is 1. The number of hydrogen-bond donors (Lipinski definition) is 1. The maximum absolute atomic E-state index is 12.4. The topological polar surface area (TPSA) is 79.7 Å². The molecule has 2 aliphatic rings. The van der Waals surface area contributed by atoms with E-state index in [2.05, 4.69) is 10.4 Å². The molecule has 8 nitrogen and oxygen atoms in total. The zero-order valence-electron chi connectivity index (χ0n) is 14.8. The molecule has 0 spiro atoms. The van der Waals surface area contributed by atoms with Crippen LogP contribution in [0.4, 0.5) is 10.5 Å². The molecule has 0 aliphatic carbocycles. The minimum atomic E-state index is -0.0510. The fourth-order valence-corrected chi connectivity index (χ4v) is 3.42. The fourth-order valence-electron chi connectivity index (χ4n) is 3.42. The summed E-state index contributed by atoms with van der Waals surface area (Å²) in [5.74, 6) is -0.0375. The van der Waals surface area contributed by atoms with E-state index >= 15 is 0 Å². The fraction of sp³-hybridized carbons (Fsp3) is 0.706. The first-order valence-corrected chi connectivity index (χ1v) is 9.03. The van der Waals surface area contributed by atoms with E-state index in [4.69, 9.17) is 4.74 Å². The Hall–Kier alpha value is -2.09. The Labute approximate surface area is 148 Å². The highest BCUT2D eigenvalue weighted by molar-refractivity contribution is 5.92. The Morgan fingerprint density at radius 1 is 1.20 bits per heavy atom. The monoisotopic (exact) mass is 349 g/mol. The van der Waals surface area contributed by atoms with Gasteiger partial charge in [-0.15, -0.1) is 0 Å². The van der Waals surface area contributed by atoms with Crippen LogP contribution in [0.1, 0.15) is 25.7 Å². The summed E-state index contributed by atoms with van der Waals surface area (Å²) in [4.78, 5) is 28.6. The maximum atomic E-state index is 12.4. The molecule has 2 aliphatic heterocycles. The lowest BCUT2D eigenvalue weighted by Crippen LogP contribution is -2.47. The van der Waals surface area contributed by atoms with E-state index < -0.39 is 0 Å². The molecule has 0 bridgehead atoms. The number of carbonyl (C=O) groups excluding carboxylic acids is 2. The lowest BCUT2D eigenvalue weighted by molar-refractivity contribution is -0.121. The van der Waals surface area contributed by atoms with Crippen LogP contribution in [-0.4, -0.2) is 71.4 Å². The van der Waals surface area contributed by atoms with Crippen molar-refractivity contribution in [2.45, 2.75) is 32.2 Å². The largest absolute Gasteiger partial charge is 0.383 e. The van der Waals surface area contributed by atoms with Gasteiger partial charge in [0.15, 0.2) is 0 Å².